The number of carbonyl (C=O) groups excluding carboxylic acids is 2. The number of ether oxygens (including phenoxy) is 1. The molecule has 2 amide bonds. The van der Waals surface area contributed by atoms with Crippen LogP contribution in [0.4, 0.5) is 5.69 Å². The van der Waals surface area contributed by atoms with Crippen LogP contribution in [0, 0.1) is 26.7 Å². The highest BCUT2D eigenvalue weighted by Crippen LogP contribution is 2.29. The van der Waals surface area contributed by atoms with Crippen LogP contribution in [0.25, 0.3) is 0 Å². The van der Waals surface area contributed by atoms with E-state index in [1.54, 1.807) is 17.9 Å². The summed E-state index contributed by atoms with van der Waals surface area (Å²) in [6, 6.07) is 9.01. The maximum atomic E-state index is 13.1. The number of hydrogen-bond donors (Lipinski definition) is 0. The van der Waals surface area contributed by atoms with Crippen LogP contribution < -0.4 is 15.3 Å². The average Bonchev–Trinajstić information content (AvgIpc) is 3.11. The Kier molecular flexibility index (Phi) is 5.85. The first-order valence-corrected chi connectivity index (χ1v) is 10.7. The molecule has 7 heteroatoms. The third kappa shape index (κ3) is 4.65. The average molecular weight is 424 g/mol. The summed E-state index contributed by atoms with van der Waals surface area (Å²) in [5.74, 6) is 0.735. The second kappa shape index (κ2) is 8.57. The molecule has 2 aliphatic heterocycles. The largest absolute Gasteiger partial charge is 0.490 e. The van der Waals surface area contributed by atoms with Gasteiger partial charge in [0.15, 0.2) is 0 Å². The smallest absolute Gasteiger partial charge is 0.339 e. The summed E-state index contributed by atoms with van der Waals surface area (Å²) in [5, 5.41) is 0. The number of anilines is 1. The molecule has 164 valence electrons. The summed E-state index contributed by atoms with van der Waals surface area (Å²) >= 11 is 0. The Balaban J connectivity index is 1.34. The number of amides is 2. The molecule has 0 unspecified atom stereocenters. The predicted octanol–water partition coefficient (Wildman–Crippen LogP) is 2.99. The molecule has 0 radical (unpaired) electrons. The lowest BCUT2D eigenvalue weighted by Gasteiger charge is -2.33. The number of carbonyl (C=O) groups is 2. The molecule has 2 fully saturated rings. The molecule has 2 aromatic rings. The molecule has 1 aromatic carbocycles. The second-order valence-corrected chi connectivity index (χ2v) is 8.54. The molecule has 1 atom stereocenters. The summed E-state index contributed by atoms with van der Waals surface area (Å²) in [4.78, 5) is 40.7. The van der Waals surface area contributed by atoms with Gasteiger partial charge in [0.1, 0.15) is 17.6 Å². The van der Waals surface area contributed by atoms with Crippen LogP contribution >= 0.6 is 0 Å². The highest BCUT2D eigenvalue weighted by atomic mass is 16.5. The number of rotatable bonds is 4. The Bertz CT molecular complexity index is 1050. The first kappa shape index (κ1) is 21.2. The molecular weight excluding hydrogens is 396 g/mol. The van der Waals surface area contributed by atoms with E-state index in [9.17, 15) is 14.4 Å². The fourth-order valence-electron chi connectivity index (χ4n) is 4.30. The first-order chi connectivity index (χ1) is 14.8. The van der Waals surface area contributed by atoms with Gasteiger partial charge in [-0.15, -0.1) is 0 Å². The van der Waals surface area contributed by atoms with Crippen molar-refractivity contribution in [1.82, 2.24) is 4.90 Å². The van der Waals surface area contributed by atoms with Gasteiger partial charge in [-0.1, -0.05) is 6.07 Å². The Morgan fingerprint density at radius 3 is 2.45 bits per heavy atom. The molecule has 0 saturated carbocycles. The Hall–Kier alpha value is -3.09. The highest BCUT2D eigenvalue weighted by Gasteiger charge is 2.38. The van der Waals surface area contributed by atoms with E-state index in [1.165, 1.54) is 11.6 Å². The van der Waals surface area contributed by atoms with Gasteiger partial charge in [0.2, 0.25) is 11.8 Å². The van der Waals surface area contributed by atoms with Crippen LogP contribution in [0.5, 0.6) is 5.75 Å². The van der Waals surface area contributed by atoms with Gasteiger partial charge >= 0.3 is 5.63 Å². The van der Waals surface area contributed by atoms with Crippen molar-refractivity contribution in [3.8, 4) is 5.75 Å². The van der Waals surface area contributed by atoms with Gasteiger partial charge in [0.05, 0.1) is 12.0 Å². The van der Waals surface area contributed by atoms with Crippen LogP contribution in [0.3, 0.4) is 0 Å². The van der Waals surface area contributed by atoms with Gasteiger partial charge in [0, 0.05) is 50.7 Å². The van der Waals surface area contributed by atoms with Crippen molar-refractivity contribution in [3.63, 3.8) is 0 Å². The lowest BCUT2D eigenvalue weighted by Crippen LogP contribution is -2.44. The quantitative estimate of drug-likeness (QED) is 0.754. The molecule has 0 spiro atoms. The number of hydrogen-bond acceptors (Lipinski definition) is 5. The normalized spacial score (nSPS) is 19.7. The molecule has 7 nitrogen and oxygen atoms in total. The fraction of sp³-hybridized carbons (Fsp3) is 0.458. The van der Waals surface area contributed by atoms with Crippen molar-refractivity contribution in [2.75, 3.05) is 24.5 Å². The Labute approximate surface area is 181 Å². The Morgan fingerprint density at radius 2 is 1.77 bits per heavy atom. The summed E-state index contributed by atoms with van der Waals surface area (Å²) in [7, 11) is 0. The van der Waals surface area contributed by atoms with E-state index in [2.05, 4.69) is 0 Å². The molecule has 0 aliphatic carbocycles. The summed E-state index contributed by atoms with van der Waals surface area (Å²) in [5.41, 5.74) is 2.74. The van der Waals surface area contributed by atoms with Crippen LogP contribution in [0.1, 0.15) is 36.1 Å². The van der Waals surface area contributed by atoms with Gasteiger partial charge in [-0.2, -0.15) is 0 Å². The zero-order valence-corrected chi connectivity index (χ0v) is 18.2. The monoisotopic (exact) mass is 424 g/mol. The number of aryl methyl sites for hydroxylation is 3. The predicted molar refractivity (Wildman–Crippen MR) is 116 cm³/mol. The minimum Gasteiger partial charge on any atom is -0.490 e. The number of piperidine rings is 1. The molecule has 1 aromatic heterocycles. The van der Waals surface area contributed by atoms with Crippen LogP contribution in [0.2, 0.25) is 0 Å². The maximum Gasteiger partial charge on any atom is 0.339 e. The van der Waals surface area contributed by atoms with Gasteiger partial charge < -0.3 is 19.0 Å². The second-order valence-electron chi connectivity index (χ2n) is 8.54. The minimum atomic E-state index is -0.429. The molecule has 0 N–H and O–H groups in total. The van der Waals surface area contributed by atoms with Crippen molar-refractivity contribution < 1.29 is 18.7 Å². The minimum absolute atomic E-state index is 0.00176. The fourth-order valence-corrected chi connectivity index (χ4v) is 4.30. The standard InChI is InChI=1S/C24H28N2O5/c1-15-4-5-19(10-16(15)2)26-14-18(12-22(26)27)24(29)25-8-6-20(7-9-25)31-21-11-17(3)30-23(28)13-21/h4-5,10-11,13,18,20H,6-9,12,14H2,1-3H3/t18-/m0/s1. The van der Waals surface area contributed by atoms with E-state index < -0.39 is 5.63 Å². The highest BCUT2D eigenvalue weighted by molar-refractivity contribution is 6.00. The van der Waals surface area contributed by atoms with Crippen molar-refractivity contribution in [2.45, 2.75) is 46.1 Å². The zero-order valence-electron chi connectivity index (χ0n) is 18.2. The third-order valence-corrected chi connectivity index (χ3v) is 6.20. The molecule has 3 heterocycles. The van der Waals surface area contributed by atoms with Gasteiger partial charge in [-0.05, 0) is 44.0 Å². The van der Waals surface area contributed by atoms with Crippen LogP contribution in [0.15, 0.2) is 39.5 Å². The zero-order chi connectivity index (χ0) is 22.1. The van der Waals surface area contributed by atoms with Crippen LogP contribution in [-0.2, 0) is 9.59 Å². The SMILES string of the molecule is Cc1cc(OC2CCN(C(=O)[C@H]3CC(=O)N(c4ccc(C)c(C)c4)C3)CC2)cc(=O)o1. The molecule has 2 aliphatic rings. The number of likely N-dealkylation sites (tertiary alicyclic amines) is 1. The summed E-state index contributed by atoms with van der Waals surface area (Å²) < 4.78 is 10.9. The van der Waals surface area contributed by atoms with Gasteiger partial charge in [-0.25, -0.2) is 4.79 Å². The summed E-state index contributed by atoms with van der Waals surface area (Å²) in [6.45, 7) is 7.36. The molecule has 2 saturated heterocycles. The maximum absolute atomic E-state index is 13.1. The van der Waals surface area contributed by atoms with E-state index in [4.69, 9.17) is 9.15 Å². The number of benzene rings is 1. The molecular formula is C24H28N2O5. The molecule has 31 heavy (non-hydrogen) atoms. The van der Waals surface area contributed by atoms with E-state index in [-0.39, 0.29) is 30.3 Å². The third-order valence-electron chi connectivity index (χ3n) is 6.20. The van der Waals surface area contributed by atoms with Crippen molar-refractivity contribution >= 4 is 17.5 Å². The van der Waals surface area contributed by atoms with E-state index in [1.807, 2.05) is 36.9 Å². The number of nitrogens with zero attached hydrogens (tertiary/aromatic N) is 2. The lowest BCUT2D eigenvalue weighted by atomic mass is 10.0. The first-order valence-electron chi connectivity index (χ1n) is 10.7. The van der Waals surface area contributed by atoms with Crippen molar-refractivity contribution in [3.05, 3.63) is 57.6 Å². The van der Waals surface area contributed by atoms with Crippen molar-refractivity contribution in [1.29, 1.82) is 0 Å². The van der Waals surface area contributed by atoms with Crippen molar-refractivity contribution in [2.24, 2.45) is 5.92 Å². The van der Waals surface area contributed by atoms with E-state index in [0.29, 0.717) is 44.0 Å². The topological polar surface area (TPSA) is 80.1 Å². The molecule has 4 rings (SSSR count). The Morgan fingerprint density at radius 1 is 1.03 bits per heavy atom. The van der Waals surface area contributed by atoms with Gasteiger partial charge in [0.25, 0.3) is 0 Å². The molecule has 0 bridgehead atoms. The lowest BCUT2D eigenvalue weighted by molar-refractivity contribution is -0.137. The van der Waals surface area contributed by atoms with E-state index >= 15 is 0 Å². The van der Waals surface area contributed by atoms with Crippen LogP contribution in [-0.4, -0.2) is 42.5 Å². The summed E-state index contributed by atoms with van der Waals surface area (Å²) in [6.07, 6.45) is 1.57. The van der Waals surface area contributed by atoms with Gasteiger partial charge in [-0.3, -0.25) is 9.59 Å². The van der Waals surface area contributed by atoms with E-state index in [0.717, 1.165) is 11.3 Å².